The molecule has 4 nitrogen and oxygen atoms in total. The largest absolute Gasteiger partial charge is 0.208 e. The molecule has 0 bridgehead atoms. The average molecular weight is 669 g/mol. The van der Waals surface area contributed by atoms with Gasteiger partial charge in [-0.1, -0.05) is 140 Å². The molecule has 0 N–H and O–H groups in total. The molecule has 0 saturated carbocycles. The predicted molar refractivity (Wildman–Crippen MR) is 210 cm³/mol. The van der Waals surface area contributed by atoms with Gasteiger partial charge in [0.1, 0.15) is 0 Å². The van der Waals surface area contributed by atoms with E-state index >= 15 is 0 Å². The molecule has 2 aromatic heterocycles. The van der Waals surface area contributed by atoms with E-state index in [0.29, 0.717) is 23.0 Å². The van der Waals surface area contributed by atoms with Crippen LogP contribution in [-0.4, -0.2) is 15.0 Å². The van der Waals surface area contributed by atoms with E-state index in [1.54, 1.807) is 11.3 Å². The van der Waals surface area contributed by atoms with Crippen molar-refractivity contribution >= 4 is 31.5 Å². The highest BCUT2D eigenvalue weighted by Crippen LogP contribution is 2.43. The number of fused-ring (bicyclic) bond motifs is 3. The molecule has 2 heterocycles. The SMILES string of the molecule is N#Cc1ccc(-c2cc(-c3nc(-c4ccc(-c5ccccc5)cc4)nc(-c4ccc(-c5ccccc5)cc4)n3)cc3sc4ccccc4c23)cc1. The molecule has 9 aromatic rings. The molecule has 0 saturated heterocycles. The monoisotopic (exact) mass is 668 g/mol. The smallest absolute Gasteiger partial charge is 0.164 e. The molecule has 238 valence electrons. The van der Waals surface area contributed by atoms with Crippen molar-refractivity contribution in [2.24, 2.45) is 0 Å². The lowest BCUT2D eigenvalue weighted by Crippen LogP contribution is -2.00. The summed E-state index contributed by atoms with van der Waals surface area (Å²) < 4.78 is 2.37. The average Bonchev–Trinajstić information content (AvgIpc) is 3.60. The number of hydrogen-bond acceptors (Lipinski definition) is 5. The van der Waals surface area contributed by atoms with Gasteiger partial charge < -0.3 is 0 Å². The maximum absolute atomic E-state index is 9.49. The van der Waals surface area contributed by atoms with Crippen molar-refractivity contribution in [3.8, 4) is 73.6 Å². The molecule has 0 atom stereocenters. The lowest BCUT2D eigenvalue weighted by molar-refractivity contribution is 1.07. The molecule has 51 heavy (non-hydrogen) atoms. The first-order chi connectivity index (χ1) is 25.2. The number of hydrogen-bond donors (Lipinski definition) is 0. The minimum absolute atomic E-state index is 0.600. The summed E-state index contributed by atoms with van der Waals surface area (Å²) >= 11 is 1.76. The normalized spacial score (nSPS) is 11.1. The first-order valence-electron chi connectivity index (χ1n) is 16.7. The van der Waals surface area contributed by atoms with Crippen LogP contribution in [0.15, 0.2) is 170 Å². The molecule has 0 amide bonds. The molecule has 0 fully saturated rings. The van der Waals surface area contributed by atoms with Gasteiger partial charge >= 0.3 is 0 Å². The van der Waals surface area contributed by atoms with Gasteiger partial charge in [-0.05, 0) is 63.7 Å². The molecule has 0 spiro atoms. The van der Waals surface area contributed by atoms with Gasteiger partial charge in [0.15, 0.2) is 17.5 Å². The van der Waals surface area contributed by atoms with Gasteiger partial charge in [0.05, 0.1) is 11.6 Å². The van der Waals surface area contributed by atoms with E-state index in [0.717, 1.165) is 54.8 Å². The number of thiophene rings is 1. The second-order valence-electron chi connectivity index (χ2n) is 12.4. The van der Waals surface area contributed by atoms with Crippen molar-refractivity contribution in [1.29, 1.82) is 5.26 Å². The second-order valence-corrected chi connectivity index (χ2v) is 13.5. The fourth-order valence-corrected chi connectivity index (χ4v) is 7.75. The van der Waals surface area contributed by atoms with Gasteiger partial charge in [0, 0.05) is 36.9 Å². The molecule has 0 radical (unpaired) electrons. The van der Waals surface area contributed by atoms with Gasteiger partial charge in [-0.25, -0.2) is 15.0 Å². The molecule has 0 aliphatic heterocycles. The van der Waals surface area contributed by atoms with E-state index in [4.69, 9.17) is 15.0 Å². The molecular formula is C46H28N4S. The van der Waals surface area contributed by atoms with Crippen LogP contribution in [0.3, 0.4) is 0 Å². The molecule has 9 rings (SSSR count). The zero-order chi connectivity index (χ0) is 34.1. The Labute approximate surface area is 299 Å². The second kappa shape index (κ2) is 12.9. The van der Waals surface area contributed by atoms with Crippen LogP contribution < -0.4 is 0 Å². The molecule has 0 unspecified atom stereocenters. The summed E-state index contributed by atoms with van der Waals surface area (Å²) in [7, 11) is 0. The third kappa shape index (κ3) is 5.84. The third-order valence-electron chi connectivity index (χ3n) is 9.20. The third-order valence-corrected chi connectivity index (χ3v) is 10.3. The van der Waals surface area contributed by atoms with Crippen molar-refractivity contribution in [3.05, 3.63) is 175 Å². The van der Waals surface area contributed by atoms with E-state index in [1.807, 2.05) is 36.4 Å². The summed E-state index contributed by atoms with van der Waals surface area (Å²) in [6, 6.07) is 60.5. The fourth-order valence-electron chi connectivity index (χ4n) is 6.58. The minimum atomic E-state index is 0.600. The maximum Gasteiger partial charge on any atom is 0.164 e. The Morgan fingerprint density at radius 1 is 0.392 bits per heavy atom. The predicted octanol–water partition coefficient (Wildman–Crippen LogP) is 12.1. The maximum atomic E-state index is 9.49. The van der Waals surface area contributed by atoms with Crippen molar-refractivity contribution < 1.29 is 0 Å². The van der Waals surface area contributed by atoms with Crippen LogP contribution in [0, 0.1) is 11.3 Å². The number of benzene rings is 7. The Kier molecular flexibility index (Phi) is 7.70. The van der Waals surface area contributed by atoms with Crippen LogP contribution in [0.25, 0.3) is 87.7 Å². The molecule has 0 aliphatic carbocycles. The Bertz CT molecular complexity index is 2610. The Balaban J connectivity index is 1.22. The van der Waals surface area contributed by atoms with Crippen LogP contribution >= 0.6 is 11.3 Å². The van der Waals surface area contributed by atoms with Crippen LogP contribution in [0.5, 0.6) is 0 Å². The van der Waals surface area contributed by atoms with Gasteiger partial charge in [-0.3, -0.25) is 0 Å². The first kappa shape index (κ1) is 30.3. The summed E-state index contributed by atoms with van der Waals surface area (Å²) in [5, 5.41) is 11.9. The first-order valence-corrected chi connectivity index (χ1v) is 17.6. The minimum Gasteiger partial charge on any atom is -0.208 e. The summed E-state index contributed by atoms with van der Waals surface area (Å²) in [6.45, 7) is 0. The van der Waals surface area contributed by atoms with Crippen molar-refractivity contribution in [1.82, 2.24) is 15.0 Å². The number of nitrogens with zero attached hydrogens (tertiary/aromatic N) is 4. The lowest BCUT2D eigenvalue weighted by atomic mass is 9.96. The van der Waals surface area contributed by atoms with Crippen molar-refractivity contribution in [2.45, 2.75) is 0 Å². The quantitative estimate of drug-likeness (QED) is 0.177. The molecular weight excluding hydrogens is 641 g/mol. The van der Waals surface area contributed by atoms with Crippen LogP contribution in [-0.2, 0) is 0 Å². The van der Waals surface area contributed by atoms with Crippen LogP contribution in [0.1, 0.15) is 5.56 Å². The summed E-state index contributed by atoms with van der Waals surface area (Å²) in [5.74, 6) is 1.82. The highest BCUT2D eigenvalue weighted by Gasteiger charge is 2.18. The Morgan fingerprint density at radius 3 is 1.39 bits per heavy atom. The van der Waals surface area contributed by atoms with Crippen molar-refractivity contribution in [3.63, 3.8) is 0 Å². The van der Waals surface area contributed by atoms with Gasteiger partial charge in [-0.2, -0.15) is 5.26 Å². The van der Waals surface area contributed by atoms with E-state index in [1.165, 1.54) is 15.5 Å². The molecule has 7 aromatic carbocycles. The zero-order valence-corrected chi connectivity index (χ0v) is 28.2. The topological polar surface area (TPSA) is 62.5 Å². The summed E-state index contributed by atoms with van der Waals surface area (Å²) in [5.41, 5.74) is 10.0. The lowest BCUT2D eigenvalue weighted by Gasteiger charge is -2.12. The molecule has 5 heteroatoms. The van der Waals surface area contributed by atoms with Gasteiger partial charge in [-0.15, -0.1) is 11.3 Å². The molecule has 0 aliphatic rings. The number of aromatic nitrogens is 3. The Morgan fingerprint density at radius 2 is 0.843 bits per heavy atom. The highest BCUT2D eigenvalue weighted by molar-refractivity contribution is 7.26. The standard InChI is InChI=1S/C46H28N4S/c47-29-30-15-17-35(18-16-30)40-27-38(28-42-43(40)39-13-7-8-14-41(39)51-42)46-49-44(36-23-19-33(20-24-36)31-9-3-1-4-10-31)48-45(50-46)37-25-21-34(22-26-37)32-11-5-2-6-12-32/h1-28H. The van der Waals surface area contributed by atoms with E-state index in [-0.39, 0.29) is 0 Å². The van der Waals surface area contributed by atoms with Crippen LogP contribution in [0.4, 0.5) is 0 Å². The van der Waals surface area contributed by atoms with E-state index in [9.17, 15) is 5.26 Å². The summed E-state index contributed by atoms with van der Waals surface area (Å²) in [6.07, 6.45) is 0. The zero-order valence-electron chi connectivity index (χ0n) is 27.4. The van der Waals surface area contributed by atoms with E-state index in [2.05, 4.69) is 140 Å². The number of rotatable bonds is 6. The van der Waals surface area contributed by atoms with Crippen LogP contribution in [0.2, 0.25) is 0 Å². The fraction of sp³-hybridized carbons (Fsp3) is 0. The Hall–Kier alpha value is -6.74. The van der Waals surface area contributed by atoms with Crippen molar-refractivity contribution in [2.75, 3.05) is 0 Å². The number of nitriles is 1. The highest BCUT2D eigenvalue weighted by atomic mass is 32.1. The van der Waals surface area contributed by atoms with E-state index < -0.39 is 0 Å². The summed E-state index contributed by atoms with van der Waals surface area (Å²) in [4.78, 5) is 15.3. The van der Waals surface area contributed by atoms with Gasteiger partial charge in [0.25, 0.3) is 0 Å². The van der Waals surface area contributed by atoms with Gasteiger partial charge in [0.2, 0.25) is 0 Å².